The van der Waals surface area contributed by atoms with E-state index in [1.807, 2.05) is 30.3 Å². The summed E-state index contributed by atoms with van der Waals surface area (Å²) in [6.45, 7) is 0.320. The lowest BCUT2D eigenvalue weighted by molar-refractivity contribution is 0.292. The Labute approximate surface area is 122 Å². The van der Waals surface area contributed by atoms with Crippen molar-refractivity contribution in [1.29, 1.82) is 5.26 Å². The first kappa shape index (κ1) is 13.0. The van der Waals surface area contributed by atoms with Crippen molar-refractivity contribution in [3.05, 3.63) is 57.7 Å². The van der Waals surface area contributed by atoms with Gasteiger partial charge in [-0.15, -0.1) is 0 Å². The summed E-state index contributed by atoms with van der Waals surface area (Å²) in [5.74, 6) is 0.410. The van der Waals surface area contributed by atoms with Crippen LogP contribution in [0.5, 0.6) is 5.88 Å². The monoisotopic (exact) mass is 284 g/mol. The molecule has 20 heavy (non-hydrogen) atoms. The molecule has 0 radical (unpaired) electrons. The van der Waals surface area contributed by atoms with Crippen molar-refractivity contribution in [3.8, 4) is 11.9 Å². The molecule has 1 aromatic heterocycles. The van der Waals surface area contributed by atoms with Crippen molar-refractivity contribution in [2.45, 2.75) is 25.9 Å². The highest BCUT2D eigenvalue weighted by Gasteiger charge is 2.17. The number of benzene rings is 1. The molecule has 0 unspecified atom stereocenters. The van der Waals surface area contributed by atoms with Crippen molar-refractivity contribution in [2.75, 3.05) is 0 Å². The maximum Gasteiger partial charge on any atom is 0.232 e. The smallest absolute Gasteiger partial charge is 0.232 e. The number of pyridine rings is 1. The molecule has 3 nitrogen and oxygen atoms in total. The third kappa shape index (κ3) is 2.48. The SMILES string of the molecule is N#Cc1cc2c(nc1OCc1ccccc1Cl)CCC2. The minimum atomic E-state index is 0.320. The van der Waals surface area contributed by atoms with Gasteiger partial charge in [0, 0.05) is 16.3 Å². The Bertz CT molecular complexity index is 691. The van der Waals surface area contributed by atoms with Crippen LogP contribution in [-0.2, 0) is 19.4 Å². The molecule has 0 saturated carbocycles. The zero-order valence-electron chi connectivity index (χ0n) is 10.9. The van der Waals surface area contributed by atoms with E-state index < -0.39 is 0 Å². The van der Waals surface area contributed by atoms with Crippen LogP contribution < -0.4 is 4.74 Å². The van der Waals surface area contributed by atoms with E-state index in [9.17, 15) is 5.26 Å². The molecule has 0 N–H and O–H groups in total. The molecule has 0 amide bonds. The topological polar surface area (TPSA) is 45.9 Å². The van der Waals surface area contributed by atoms with Crippen LogP contribution in [0.15, 0.2) is 30.3 Å². The van der Waals surface area contributed by atoms with Gasteiger partial charge >= 0.3 is 0 Å². The molecule has 1 aliphatic rings. The van der Waals surface area contributed by atoms with Crippen LogP contribution in [0.1, 0.15) is 28.8 Å². The van der Waals surface area contributed by atoms with Gasteiger partial charge in [-0.25, -0.2) is 4.98 Å². The number of nitrogens with zero attached hydrogens (tertiary/aromatic N) is 2. The Morgan fingerprint density at radius 3 is 2.95 bits per heavy atom. The van der Waals surface area contributed by atoms with E-state index in [-0.39, 0.29) is 0 Å². The van der Waals surface area contributed by atoms with Crippen LogP contribution in [-0.4, -0.2) is 4.98 Å². The Kier molecular flexibility index (Phi) is 3.58. The number of ether oxygens (including phenoxy) is 1. The molecule has 100 valence electrons. The van der Waals surface area contributed by atoms with E-state index >= 15 is 0 Å². The van der Waals surface area contributed by atoms with Gasteiger partial charge < -0.3 is 4.74 Å². The second kappa shape index (κ2) is 5.52. The third-order valence-electron chi connectivity index (χ3n) is 3.46. The Balaban J connectivity index is 1.84. The van der Waals surface area contributed by atoms with Gasteiger partial charge in [0.2, 0.25) is 5.88 Å². The van der Waals surface area contributed by atoms with Gasteiger partial charge in [0.05, 0.1) is 0 Å². The van der Waals surface area contributed by atoms with Gasteiger partial charge in [-0.2, -0.15) is 5.26 Å². The molecule has 0 atom stereocenters. The number of hydrogen-bond acceptors (Lipinski definition) is 3. The molecule has 1 aliphatic carbocycles. The Hall–Kier alpha value is -2.05. The van der Waals surface area contributed by atoms with Gasteiger partial charge in [-0.3, -0.25) is 0 Å². The lowest BCUT2D eigenvalue weighted by Crippen LogP contribution is -2.02. The summed E-state index contributed by atoms with van der Waals surface area (Å²) in [5.41, 5.74) is 3.61. The second-order valence-corrected chi connectivity index (χ2v) is 5.20. The van der Waals surface area contributed by atoms with Crippen LogP contribution >= 0.6 is 11.6 Å². The highest BCUT2D eigenvalue weighted by molar-refractivity contribution is 6.31. The van der Waals surface area contributed by atoms with Crippen molar-refractivity contribution in [3.63, 3.8) is 0 Å². The second-order valence-electron chi connectivity index (χ2n) is 4.79. The predicted molar refractivity (Wildman–Crippen MR) is 76.8 cm³/mol. The summed E-state index contributed by atoms with van der Waals surface area (Å²) >= 11 is 6.09. The lowest BCUT2D eigenvalue weighted by Gasteiger charge is -2.10. The summed E-state index contributed by atoms with van der Waals surface area (Å²) in [6, 6.07) is 11.6. The molecule has 1 aromatic carbocycles. The molecule has 2 aromatic rings. The van der Waals surface area contributed by atoms with E-state index in [0.717, 1.165) is 30.5 Å². The van der Waals surface area contributed by atoms with Crippen molar-refractivity contribution in [2.24, 2.45) is 0 Å². The fourth-order valence-electron chi connectivity index (χ4n) is 2.40. The molecule has 0 fully saturated rings. The predicted octanol–water partition coefficient (Wildman–Crippen LogP) is 3.67. The van der Waals surface area contributed by atoms with Crippen molar-refractivity contribution >= 4 is 11.6 Å². The van der Waals surface area contributed by atoms with Gasteiger partial charge in [0.15, 0.2) is 0 Å². The normalized spacial score (nSPS) is 12.8. The van der Waals surface area contributed by atoms with E-state index in [1.54, 1.807) is 0 Å². The average molecular weight is 285 g/mol. The van der Waals surface area contributed by atoms with Crippen molar-refractivity contribution in [1.82, 2.24) is 4.98 Å². The zero-order valence-corrected chi connectivity index (χ0v) is 11.7. The first-order valence-electron chi connectivity index (χ1n) is 6.57. The van der Waals surface area contributed by atoms with Crippen LogP contribution in [0.3, 0.4) is 0 Å². The maximum atomic E-state index is 9.21. The summed E-state index contributed by atoms with van der Waals surface area (Å²) in [6.07, 6.45) is 3.06. The molecule has 0 spiro atoms. The highest BCUT2D eigenvalue weighted by atomic mass is 35.5. The van der Waals surface area contributed by atoms with Crippen LogP contribution in [0.25, 0.3) is 0 Å². The summed E-state index contributed by atoms with van der Waals surface area (Å²) < 4.78 is 5.70. The molecule has 4 heteroatoms. The number of aromatic nitrogens is 1. The quantitative estimate of drug-likeness (QED) is 0.864. The number of nitriles is 1. The molecule has 0 bridgehead atoms. The number of hydrogen-bond donors (Lipinski definition) is 0. The van der Waals surface area contributed by atoms with E-state index in [1.165, 1.54) is 5.56 Å². The molecule has 3 rings (SSSR count). The third-order valence-corrected chi connectivity index (χ3v) is 3.83. The molecule has 1 heterocycles. The summed E-state index contributed by atoms with van der Waals surface area (Å²) in [5, 5.41) is 9.86. The molecular weight excluding hydrogens is 272 g/mol. The highest BCUT2D eigenvalue weighted by Crippen LogP contribution is 2.27. The average Bonchev–Trinajstić information content (AvgIpc) is 2.92. The maximum absolute atomic E-state index is 9.21. The van der Waals surface area contributed by atoms with Crippen LogP contribution in [0, 0.1) is 11.3 Å². The molecule has 0 saturated heterocycles. The summed E-state index contributed by atoms with van der Waals surface area (Å²) in [4.78, 5) is 4.48. The van der Waals surface area contributed by atoms with Gasteiger partial charge in [0.25, 0.3) is 0 Å². The minimum absolute atomic E-state index is 0.320. The molecule has 0 aliphatic heterocycles. The fraction of sp³-hybridized carbons (Fsp3) is 0.250. The Morgan fingerprint density at radius 2 is 2.15 bits per heavy atom. The lowest BCUT2D eigenvalue weighted by atomic mass is 10.1. The number of halogens is 1. The standard InChI is InChI=1S/C16H13ClN2O/c17-14-6-2-1-4-12(14)10-20-16-13(9-18)8-11-5-3-7-15(11)19-16/h1-2,4,6,8H,3,5,7,10H2. The first-order valence-corrected chi connectivity index (χ1v) is 6.95. The largest absolute Gasteiger partial charge is 0.472 e. The van der Waals surface area contributed by atoms with Crippen molar-refractivity contribution < 1.29 is 4.74 Å². The summed E-state index contributed by atoms with van der Waals surface area (Å²) in [7, 11) is 0. The van der Waals surface area contributed by atoms with Crippen LogP contribution in [0.4, 0.5) is 0 Å². The first-order chi connectivity index (χ1) is 9.78. The van der Waals surface area contributed by atoms with Gasteiger partial charge in [-0.1, -0.05) is 29.8 Å². The zero-order chi connectivity index (χ0) is 13.9. The Morgan fingerprint density at radius 1 is 1.30 bits per heavy atom. The number of rotatable bonds is 3. The van der Waals surface area contributed by atoms with E-state index in [0.29, 0.717) is 23.1 Å². The number of aryl methyl sites for hydroxylation is 2. The fourth-order valence-corrected chi connectivity index (χ4v) is 2.60. The van der Waals surface area contributed by atoms with E-state index in [2.05, 4.69) is 11.1 Å². The van der Waals surface area contributed by atoms with Gasteiger partial charge in [-0.05, 0) is 37.0 Å². The van der Waals surface area contributed by atoms with Gasteiger partial charge in [0.1, 0.15) is 18.2 Å². The molecular formula is C16H13ClN2O. The minimum Gasteiger partial charge on any atom is -0.472 e. The number of fused-ring (bicyclic) bond motifs is 1. The van der Waals surface area contributed by atoms with E-state index in [4.69, 9.17) is 16.3 Å². The van der Waals surface area contributed by atoms with Crippen LogP contribution in [0.2, 0.25) is 5.02 Å².